The summed E-state index contributed by atoms with van der Waals surface area (Å²) in [5.41, 5.74) is 1.73. The third-order valence-electron chi connectivity index (χ3n) is 3.60. The lowest BCUT2D eigenvalue weighted by molar-refractivity contribution is -0.274. The number of aldehydes is 1. The van der Waals surface area contributed by atoms with Gasteiger partial charge in [0.25, 0.3) is 0 Å². The number of alkyl halides is 3. The molecule has 0 bridgehead atoms. The molecule has 0 amide bonds. The van der Waals surface area contributed by atoms with Gasteiger partial charge in [-0.05, 0) is 82.2 Å². The van der Waals surface area contributed by atoms with Gasteiger partial charge in [0.05, 0.1) is 5.56 Å². The summed E-state index contributed by atoms with van der Waals surface area (Å²) in [5.74, 6) is 0.634. The van der Waals surface area contributed by atoms with E-state index in [4.69, 9.17) is 4.74 Å². The van der Waals surface area contributed by atoms with E-state index < -0.39 is 6.36 Å². The monoisotopic (exact) mass is 484 g/mol. The minimum Gasteiger partial charge on any atom is -0.457 e. The average molecular weight is 484 g/mol. The highest BCUT2D eigenvalue weighted by molar-refractivity contribution is 14.1. The number of ether oxygens (including phenoxy) is 2. The summed E-state index contributed by atoms with van der Waals surface area (Å²) in [5, 5.41) is 0. The molecule has 0 aliphatic carbocycles. The van der Waals surface area contributed by atoms with Gasteiger partial charge in [-0.2, -0.15) is 0 Å². The third kappa shape index (κ3) is 5.22. The smallest absolute Gasteiger partial charge is 0.457 e. The molecule has 0 N–H and O–H groups in total. The number of hydrogen-bond donors (Lipinski definition) is 0. The Kier molecular flexibility index (Phi) is 5.69. The van der Waals surface area contributed by atoms with Crippen LogP contribution in [-0.2, 0) is 0 Å². The van der Waals surface area contributed by atoms with E-state index in [1.54, 1.807) is 30.3 Å². The molecule has 0 heterocycles. The molecule has 0 aromatic heterocycles. The minimum absolute atomic E-state index is 0.300. The first-order valence-electron chi connectivity index (χ1n) is 7.73. The molecule has 0 saturated heterocycles. The number of carbonyl (C=O) groups excluding carboxylic acids is 1. The molecular weight excluding hydrogens is 472 g/mol. The molecule has 0 aliphatic rings. The van der Waals surface area contributed by atoms with Crippen molar-refractivity contribution in [1.29, 1.82) is 0 Å². The molecule has 3 rings (SSSR count). The zero-order chi connectivity index (χ0) is 19.4. The highest BCUT2D eigenvalue weighted by atomic mass is 127. The first kappa shape index (κ1) is 19.2. The van der Waals surface area contributed by atoms with E-state index in [-0.39, 0.29) is 5.75 Å². The summed E-state index contributed by atoms with van der Waals surface area (Å²) in [6.07, 6.45) is -4.05. The van der Waals surface area contributed by atoms with E-state index in [1.165, 1.54) is 24.3 Å². The van der Waals surface area contributed by atoms with Gasteiger partial charge in [-0.1, -0.05) is 18.2 Å². The Morgan fingerprint density at radius 2 is 1.41 bits per heavy atom. The van der Waals surface area contributed by atoms with Crippen molar-refractivity contribution >= 4 is 28.9 Å². The SMILES string of the molecule is O=Cc1ccc(-c2ccc(OC(F)(F)F)cc2)cc1Oc1ccc(I)cc1. The van der Waals surface area contributed by atoms with Crippen LogP contribution in [0.3, 0.4) is 0 Å². The lowest BCUT2D eigenvalue weighted by Crippen LogP contribution is -2.16. The minimum atomic E-state index is -4.73. The Hall–Kier alpha value is -2.55. The van der Waals surface area contributed by atoms with Crippen molar-refractivity contribution in [3.63, 3.8) is 0 Å². The normalized spacial score (nSPS) is 11.1. The number of hydrogen-bond acceptors (Lipinski definition) is 3. The second-order valence-electron chi connectivity index (χ2n) is 5.50. The van der Waals surface area contributed by atoms with Crippen LogP contribution in [0.2, 0.25) is 0 Å². The van der Waals surface area contributed by atoms with E-state index >= 15 is 0 Å². The van der Waals surface area contributed by atoms with Crippen molar-refractivity contribution in [2.75, 3.05) is 0 Å². The largest absolute Gasteiger partial charge is 0.573 e. The maximum absolute atomic E-state index is 12.3. The molecule has 7 heteroatoms. The van der Waals surface area contributed by atoms with Crippen molar-refractivity contribution in [2.45, 2.75) is 6.36 Å². The first-order chi connectivity index (χ1) is 12.8. The van der Waals surface area contributed by atoms with Gasteiger partial charge in [0, 0.05) is 3.57 Å². The van der Waals surface area contributed by atoms with Crippen LogP contribution in [0.1, 0.15) is 10.4 Å². The van der Waals surface area contributed by atoms with Gasteiger partial charge < -0.3 is 9.47 Å². The summed E-state index contributed by atoms with van der Waals surface area (Å²) < 4.78 is 47.5. The van der Waals surface area contributed by atoms with Gasteiger partial charge in [-0.25, -0.2) is 0 Å². The topological polar surface area (TPSA) is 35.5 Å². The van der Waals surface area contributed by atoms with Gasteiger partial charge in [-0.15, -0.1) is 13.2 Å². The average Bonchev–Trinajstić information content (AvgIpc) is 2.63. The summed E-state index contributed by atoms with van der Waals surface area (Å²) in [6.45, 7) is 0. The molecular formula is C20H12F3IO3. The number of benzene rings is 3. The number of carbonyl (C=O) groups is 1. The predicted octanol–water partition coefficient (Wildman–Crippen LogP) is 6.46. The summed E-state index contributed by atoms with van der Waals surface area (Å²) >= 11 is 2.17. The molecule has 3 aromatic carbocycles. The van der Waals surface area contributed by atoms with Crippen molar-refractivity contribution in [3.05, 3.63) is 75.9 Å². The van der Waals surface area contributed by atoms with Crippen molar-refractivity contribution in [3.8, 4) is 28.4 Å². The maximum Gasteiger partial charge on any atom is 0.573 e. The third-order valence-corrected chi connectivity index (χ3v) is 4.32. The van der Waals surface area contributed by atoms with Crippen LogP contribution in [0.15, 0.2) is 66.7 Å². The summed E-state index contributed by atoms with van der Waals surface area (Å²) in [7, 11) is 0. The number of halogens is 4. The lowest BCUT2D eigenvalue weighted by atomic mass is 10.0. The zero-order valence-corrected chi connectivity index (χ0v) is 15.8. The Labute approximate surface area is 166 Å². The summed E-state index contributed by atoms with van der Waals surface area (Å²) in [6, 6.07) is 17.8. The molecule has 138 valence electrons. The van der Waals surface area contributed by atoms with E-state index in [0.717, 1.165) is 3.57 Å². The van der Waals surface area contributed by atoms with E-state index in [2.05, 4.69) is 27.3 Å². The van der Waals surface area contributed by atoms with Crippen molar-refractivity contribution in [1.82, 2.24) is 0 Å². The molecule has 0 saturated carbocycles. The molecule has 0 spiro atoms. The van der Waals surface area contributed by atoms with Gasteiger partial charge in [-0.3, -0.25) is 4.79 Å². The fourth-order valence-corrected chi connectivity index (χ4v) is 2.74. The predicted molar refractivity (Wildman–Crippen MR) is 103 cm³/mol. The first-order valence-corrected chi connectivity index (χ1v) is 8.81. The van der Waals surface area contributed by atoms with E-state index in [9.17, 15) is 18.0 Å². The van der Waals surface area contributed by atoms with Gasteiger partial charge in [0.2, 0.25) is 0 Å². The second-order valence-corrected chi connectivity index (χ2v) is 6.74. The van der Waals surface area contributed by atoms with Crippen LogP contribution in [0.4, 0.5) is 13.2 Å². The van der Waals surface area contributed by atoms with Crippen molar-refractivity contribution < 1.29 is 27.4 Å². The molecule has 3 nitrogen and oxygen atoms in total. The molecule has 0 radical (unpaired) electrons. The fourth-order valence-electron chi connectivity index (χ4n) is 2.38. The standard InChI is InChI=1S/C20H12F3IO3/c21-20(22,23)27-18-7-3-13(4-8-18)14-1-2-15(12-25)19(11-14)26-17-9-5-16(24)6-10-17/h1-12H. The van der Waals surface area contributed by atoms with E-state index in [1.807, 2.05) is 12.1 Å². The quantitative estimate of drug-likeness (QED) is 0.308. The zero-order valence-electron chi connectivity index (χ0n) is 13.7. The van der Waals surface area contributed by atoms with Crippen LogP contribution in [0.5, 0.6) is 17.2 Å². The van der Waals surface area contributed by atoms with Gasteiger partial charge in [0.1, 0.15) is 17.2 Å². The number of rotatable bonds is 5. The molecule has 3 aromatic rings. The molecule has 0 atom stereocenters. The highest BCUT2D eigenvalue weighted by Gasteiger charge is 2.30. The van der Waals surface area contributed by atoms with E-state index in [0.29, 0.717) is 34.5 Å². The van der Waals surface area contributed by atoms with Gasteiger partial charge >= 0.3 is 6.36 Å². The van der Waals surface area contributed by atoms with Gasteiger partial charge in [0.15, 0.2) is 6.29 Å². The van der Waals surface area contributed by atoms with Crippen LogP contribution in [-0.4, -0.2) is 12.6 Å². The lowest BCUT2D eigenvalue weighted by Gasteiger charge is -2.12. The molecule has 0 fully saturated rings. The Morgan fingerprint density at radius 1 is 0.815 bits per heavy atom. The Bertz CT molecular complexity index is 936. The van der Waals surface area contributed by atoms with Crippen LogP contribution >= 0.6 is 22.6 Å². The maximum atomic E-state index is 12.3. The molecule has 27 heavy (non-hydrogen) atoms. The van der Waals surface area contributed by atoms with Crippen LogP contribution in [0, 0.1) is 3.57 Å². The fraction of sp³-hybridized carbons (Fsp3) is 0.0500. The molecule has 0 aliphatic heterocycles. The summed E-state index contributed by atoms with van der Waals surface area (Å²) in [4.78, 5) is 11.3. The molecule has 0 unspecified atom stereocenters. The Balaban J connectivity index is 1.88. The second kappa shape index (κ2) is 7.99. The van der Waals surface area contributed by atoms with Crippen LogP contribution < -0.4 is 9.47 Å². The highest BCUT2D eigenvalue weighted by Crippen LogP contribution is 2.32. The Morgan fingerprint density at radius 3 is 2.00 bits per heavy atom. The van der Waals surface area contributed by atoms with Crippen molar-refractivity contribution in [2.24, 2.45) is 0 Å². The van der Waals surface area contributed by atoms with Crippen LogP contribution in [0.25, 0.3) is 11.1 Å².